The highest BCUT2D eigenvalue weighted by atomic mass is 79.9. The van der Waals surface area contributed by atoms with Crippen molar-refractivity contribution in [1.82, 2.24) is 5.43 Å². The van der Waals surface area contributed by atoms with E-state index in [1.807, 2.05) is 58.0 Å². The molecule has 0 unspecified atom stereocenters. The average Bonchev–Trinajstić information content (AvgIpc) is 2.80. The van der Waals surface area contributed by atoms with Crippen LogP contribution in [0.1, 0.15) is 34.7 Å². The lowest BCUT2D eigenvalue weighted by Gasteiger charge is -2.15. The maximum absolute atomic E-state index is 12.2. The molecule has 0 spiro atoms. The molecule has 0 fully saturated rings. The first kappa shape index (κ1) is 26.0. The maximum Gasteiger partial charge on any atom is 0.329 e. The van der Waals surface area contributed by atoms with Crippen LogP contribution in [0.25, 0.3) is 0 Å². The zero-order valence-corrected chi connectivity index (χ0v) is 21.7. The number of anilines is 1. The average molecular weight is 538 g/mol. The number of nitrogens with one attached hydrogen (secondary N) is 2. The second kappa shape index (κ2) is 12.2. The van der Waals surface area contributed by atoms with Gasteiger partial charge in [-0.1, -0.05) is 47.5 Å². The van der Waals surface area contributed by atoms with Crippen molar-refractivity contribution in [3.8, 4) is 11.5 Å². The lowest BCUT2D eigenvalue weighted by molar-refractivity contribution is -0.136. The Balaban J connectivity index is 1.66. The van der Waals surface area contributed by atoms with Crippen LogP contribution in [0.5, 0.6) is 11.5 Å². The molecule has 0 radical (unpaired) electrons. The zero-order valence-electron chi connectivity index (χ0n) is 20.1. The highest BCUT2D eigenvalue weighted by molar-refractivity contribution is 9.10. The molecule has 8 heteroatoms. The monoisotopic (exact) mass is 537 g/mol. The molecule has 3 aromatic carbocycles. The van der Waals surface area contributed by atoms with E-state index in [-0.39, 0.29) is 0 Å². The number of halogens is 1. The predicted octanol–water partition coefficient (Wildman–Crippen LogP) is 5.44. The predicted molar refractivity (Wildman–Crippen MR) is 141 cm³/mol. The minimum absolute atomic E-state index is 0.388. The van der Waals surface area contributed by atoms with Crippen LogP contribution in [0.4, 0.5) is 5.69 Å². The van der Waals surface area contributed by atoms with Gasteiger partial charge in [0, 0.05) is 5.69 Å². The molecule has 182 valence electrons. The molecular weight excluding hydrogens is 510 g/mol. The molecule has 35 heavy (non-hydrogen) atoms. The van der Waals surface area contributed by atoms with E-state index in [1.54, 1.807) is 18.2 Å². The normalized spacial score (nSPS) is 10.8. The SMILES string of the molecule is CCOc1cc(/C=N/NC(=O)C(=O)Nc2ccc(C)cc2C)cc(Br)c1OCc1cccc(C)c1. The molecule has 0 aliphatic carbocycles. The van der Waals surface area contributed by atoms with E-state index in [9.17, 15) is 9.59 Å². The summed E-state index contributed by atoms with van der Waals surface area (Å²) in [6.07, 6.45) is 1.43. The Labute approximate surface area is 213 Å². The number of benzene rings is 3. The standard InChI is InChI=1S/C27H28BrN3O4/c1-5-34-24-14-21(13-22(28)25(24)35-16-20-8-6-7-17(2)12-20)15-29-31-27(33)26(32)30-23-10-9-18(3)11-19(23)4/h6-15H,5,16H2,1-4H3,(H,30,32)(H,31,33)/b29-15+. The van der Waals surface area contributed by atoms with Crippen molar-refractivity contribution in [2.45, 2.75) is 34.3 Å². The number of hydrogen-bond acceptors (Lipinski definition) is 5. The van der Waals surface area contributed by atoms with Crippen molar-refractivity contribution in [1.29, 1.82) is 0 Å². The molecule has 7 nitrogen and oxygen atoms in total. The molecule has 0 aliphatic heterocycles. The van der Waals surface area contributed by atoms with Crippen molar-refractivity contribution in [2.75, 3.05) is 11.9 Å². The van der Waals surface area contributed by atoms with Gasteiger partial charge in [-0.25, -0.2) is 5.43 Å². The van der Waals surface area contributed by atoms with Crippen LogP contribution in [-0.2, 0) is 16.2 Å². The lowest BCUT2D eigenvalue weighted by Crippen LogP contribution is -2.32. The van der Waals surface area contributed by atoms with Gasteiger partial charge < -0.3 is 14.8 Å². The van der Waals surface area contributed by atoms with Crippen LogP contribution < -0.4 is 20.2 Å². The summed E-state index contributed by atoms with van der Waals surface area (Å²) in [4.78, 5) is 24.4. The van der Waals surface area contributed by atoms with E-state index >= 15 is 0 Å². The van der Waals surface area contributed by atoms with Crippen LogP contribution in [0.15, 0.2) is 64.2 Å². The van der Waals surface area contributed by atoms with Crippen LogP contribution in [0.2, 0.25) is 0 Å². The quantitative estimate of drug-likeness (QED) is 0.227. The number of carbonyl (C=O) groups is 2. The van der Waals surface area contributed by atoms with Gasteiger partial charge >= 0.3 is 11.8 Å². The zero-order chi connectivity index (χ0) is 25.4. The first-order valence-corrected chi connectivity index (χ1v) is 11.9. The van der Waals surface area contributed by atoms with Gasteiger partial charge in [0.15, 0.2) is 11.5 Å². The Morgan fingerprint density at radius 3 is 2.46 bits per heavy atom. The molecule has 0 aromatic heterocycles. The number of aryl methyl sites for hydroxylation is 3. The summed E-state index contributed by atoms with van der Waals surface area (Å²) < 4.78 is 12.5. The fraction of sp³-hybridized carbons (Fsp3) is 0.222. The Kier molecular flexibility index (Phi) is 9.03. The van der Waals surface area contributed by atoms with Crippen molar-refractivity contribution in [2.24, 2.45) is 5.10 Å². The Morgan fingerprint density at radius 2 is 1.74 bits per heavy atom. The van der Waals surface area contributed by atoms with Crippen LogP contribution in [-0.4, -0.2) is 24.6 Å². The molecule has 0 bridgehead atoms. The summed E-state index contributed by atoms with van der Waals surface area (Å²) >= 11 is 3.53. The fourth-order valence-corrected chi connectivity index (χ4v) is 3.95. The van der Waals surface area contributed by atoms with Crippen LogP contribution >= 0.6 is 15.9 Å². The molecule has 0 aliphatic rings. The summed E-state index contributed by atoms with van der Waals surface area (Å²) in [6.45, 7) is 8.57. The van der Waals surface area contributed by atoms with E-state index in [1.165, 1.54) is 6.21 Å². The van der Waals surface area contributed by atoms with Gasteiger partial charge in [0.2, 0.25) is 0 Å². The summed E-state index contributed by atoms with van der Waals surface area (Å²) in [5, 5.41) is 6.50. The second-order valence-corrected chi connectivity index (χ2v) is 8.87. The third-order valence-electron chi connectivity index (χ3n) is 5.01. The minimum Gasteiger partial charge on any atom is -0.490 e. The lowest BCUT2D eigenvalue weighted by atomic mass is 10.1. The number of carbonyl (C=O) groups excluding carboxylic acids is 2. The molecule has 0 saturated heterocycles. The maximum atomic E-state index is 12.2. The number of hydrazone groups is 1. The number of hydrogen-bond donors (Lipinski definition) is 2. The molecule has 2 N–H and O–H groups in total. The molecule has 0 atom stereocenters. The van der Waals surface area contributed by atoms with Crippen molar-refractivity contribution in [3.63, 3.8) is 0 Å². The number of amides is 2. The topological polar surface area (TPSA) is 89.0 Å². The van der Waals surface area contributed by atoms with Crippen LogP contribution in [0, 0.1) is 20.8 Å². The molecule has 3 rings (SSSR count). The van der Waals surface area contributed by atoms with E-state index in [0.717, 1.165) is 22.3 Å². The first-order chi connectivity index (χ1) is 16.8. The number of rotatable bonds is 8. The van der Waals surface area contributed by atoms with Gasteiger partial charge in [0.1, 0.15) is 6.61 Å². The van der Waals surface area contributed by atoms with E-state index < -0.39 is 11.8 Å². The van der Waals surface area contributed by atoms with E-state index in [0.29, 0.717) is 40.4 Å². The molecular formula is C27H28BrN3O4. The molecule has 3 aromatic rings. The van der Waals surface area contributed by atoms with Gasteiger partial charge in [0.25, 0.3) is 0 Å². The van der Waals surface area contributed by atoms with Gasteiger partial charge in [-0.05, 0) is 78.5 Å². The number of ether oxygens (including phenoxy) is 2. The third kappa shape index (κ3) is 7.42. The van der Waals surface area contributed by atoms with E-state index in [2.05, 4.69) is 37.8 Å². The van der Waals surface area contributed by atoms with Gasteiger partial charge in [-0.15, -0.1) is 0 Å². The second-order valence-electron chi connectivity index (χ2n) is 8.01. The van der Waals surface area contributed by atoms with Gasteiger partial charge in [0.05, 0.1) is 17.3 Å². The Hall–Kier alpha value is -3.65. The van der Waals surface area contributed by atoms with Crippen molar-refractivity contribution >= 4 is 39.6 Å². The molecule has 2 amide bonds. The molecule has 0 heterocycles. The largest absolute Gasteiger partial charge is 0.490 e. The van der Waals surface area contributed by atoms with Crippen LogP contribution in [0.3, 0.4) is 0 Å². The minimum atomic E-state index is -0.872. The fourth-order valence-electron chi connectivity index (χ4n) is 3.37. The van der Waals surface area contributed by atoms with Gasteiger partial charge in [-0.3, -0.25) is 9.59 Å². The summed E-state index contributed by atoms with van der Waals surface area (Å²) in [6, 6.07) is 17.2. The third-order valence-corrected chi connectivity index (χ3v) is 5.60. The summed E-state index contributed by atoms with van der Waals surface area (Å²) in [5.74, 6) is -0.564. The van der Waals surface area contributed by atoms with E-state index in [4.69, 9.17) is 9.47 Å². The summed E-state index contributed by atoms with van der Waals surface area (Å²) in [5.41, 5.74) is 7.62. The summed E-state index contributed by atoms with van der Waals surface area (Å²) in [7, 11) is 0. The Morgan fingerprint density at radius 1 is 0.971 bits per heavy atom. The first-order valence-electron chi connectivity index (χ1n) is 11.1. The number of nitrogens with zero attached hydrogens (tertiary/aromatic N) is 1. The molecule has 0 saturated carbocycles. The van der Waals surface area contributed by atoms with Crippen molar-refractivity contribution in [3.05, 3.63) is 86.9 Å². The highest BCUT2D eigenvalue weighted by Crippen LogP contribution is 2.37. The smallest absolute Gasteiger partial charge is 0.329 e. The highest BCUT2D eigenvalue weighted by Gasteiger charge is 2.15. The van der Waals surface area contributed by atoms with Gasteiger partial charge in [-0.2, -0.15) is 5.10 Å². The van der Waals surface area contributed by atoms with Crippen molar-refractivity contribution < 1.29 is 19.1 Å². The Bertz CT molecular complexity index is 1260.